The van der Waals surface area contributed by atoms with Gasteiger partial charge in [-0.25, -0.2) is 4.68 Å². The normalized spacial score (nSPS) is 13.7. The third kappa shape index (κ3) is 5.26. The number of nitrogens with one attached hydrogen (secondary N) is 1. The lowest BCUT2D eigenvalue weighted by Gasteiger charge is -2.17. The van der Waals surface area contributed by atoms with E-state index in [1.54, 1.807) is 29.2 Å². The average molecular weight is 484 g/mol. The van der Waals surface area contributed by atoms with Crippen molar-refractivity contribution in [3.63, 3.8) is 0 Å². The van der Waals surface area contributed by atoms with Crippen LogP contribution in [0.3, 0.4) is 0 Å². The van der Waals surface area contributed by atoms with E-state index in [9.17, 15) is 27.6 Å². The highest BCUT2D eigenvalue weighted by atomic mass is 19.4. The molecule has 7 nitrogen and oxygen atoms in total. The van der Waals surface area contributed by atoms with Gasteiger partial charge in [0.15, 0.2) is 5.69 Å². The number of benzene rings is 2. The molecule has 0 aliphatic carbocycles. The van der Waals surface area contributed by atoms with Gasteiger partial charge in [0.2, 0.25) is 5.43 Å². The van der Waals surface area contributed by atoms with Gasteiger partial charge in [-0.15, -0.1) is 0 Å². The van der Waals surface area contributed by atoms with Gasteiger partial charge in [-0.05, 0) is 49.6 Å². The van der Waals surface area contributed by atoms with Crippen LogP contribution in [0.1, 0.15) is 50.5 Å². The first kappa shape index (κ1) is 24.2. The highest BCUT2D eigenvalue weighted by molar-refractivity contribution is 5.94. The van der Waals surface area contributed by atoms with E-state index in [0.29, 0.717) is 24.2 Å². The smallest absolute Gasteiger partial charge is 0.346 e. The van der Waals surface area contributed by atoms with E-state index in [1.807, 2.05) is 0 Å². The minimum atomic E-state index is -4.65. The highest BCUT2D eigenvalue weighted by Gasteiger charge is 2.34. The van der Waals surface area contributed by atoms with Crippen LogP contribution in [0.2, 0.25) is 0 Å². The molecule has 2 aromatic carbocycles. The van der Waals surface area contributed by atoms with E-state index in [4.69, 9.17) is 0 Å². The Balaban J connectivity index is 1.56. The third-order valence-electron chi connectivity index (χ3n) is 5.78. The molecular weight excluding hydrogens is 461 g/mol. The first-order chi connectivity index (χ1) is 16.6. The SMILES string of the molecule is Cc1cc(=O)c(C(=O)NCc2cccc(C(=O)N3CCCC3)c2)nn1-c1ccccc1C(F)(F)F. The maximum atomic E-state index is 13.5. The summed E-state index contributed by atoms with van der Waals surface area (Å²) in [5, 5.41) is 6.53. The number of carbonyl (C=O) groups excluding carboxylic acids is 2. The molecule has 2 heterocycles. The lowest BCUT2D eigenvalue weighted by atomic mass is 10.1. The fraction of sp³-hybridized carbons (Fsp3) is 0.280. The summed E-state index contributed by atoms with van der Waals surface area (Å²) in [6.45, 7) is 2.87. The monoisotopic (exact) mass is 484 g/mol. The van der Waals surface area contributed by atoms with Crippen LogP contribution in [0.15, 0.2) is 59.4 Å². The predicted octanol–water partition coefficient (Wildman–Crippen LogP) is 3.73. The minimum absolute atomic E-state index is 0.00802. The minimum Gasteiger partial charge on any atom is -0.346 e. The number of aromatic nitrogens is 2. The van der Waals surface area contributed by atoms with Gasteiger partial charge in [-0.3, -0.25) is 14.4 Å². The Morgan fingerprint density at radius 1 is 1.03 bits per heavy atom. The van der Waals surface area contributed by atoms with Crippen molar-refractivity contribution in [1.29, 1.82) is 0 Å². The summed E-state index contributed by atoms with van der Waals surface area (Å²) in [6.07, 6.45) is -2.71. The molecule has 4 rings (SSSR count). The van der Waals surface area contributed by atoms with Crippen molar-refractivity contribution >= 4 is 11.8 Å². The molecule has 1 saturated heterocycles. The lowest BCUT2D eigenvalue weighted by Crippen LogP contribution is -2.32. The molecule has 1 aliphatic heterocycles. The number of alkyl halides is 3. The van der Waals surface area contributed by atoms with E-state index < -0.39 is 28.8 Å². The van der Waals surface area contributed by atoms with Gasteiger partial charge in [0.05, 0.1) is 11.3 Å². The topological polar surface area (TPSA) is 84.3 Å². The second-order valence-electron chi connectivity index (χ2n) is 8.31. The van der Waals surface area contributed by atoms with E-state index in [-0.39, 0.29) is 23.8 Å². The number of para-hydroxylation sites is 1. The Morgan fingerprint density at radius 2 is 1.74 bits per heavy atom. The summed E-state index contributed by atoms with van der Waals surface area (Å²) in [4.78, 5) is 39.6. The molecule has 0 spiro atoms. The Labute approximate surface area is 199 Å². The lowest BCUT2D eigenvalue weighted by molar-refractivity contribution is -0.137. The Morgan fingerprint density at radius 3 is 2.46 bits per heavy atom. The number of hydrogen-bond donors (Lipinski definition) is 1. The Hall–Kier alpha value is -3.95. The van der Waals surface area contributed by atoms with Crippen LogP contribution in [0.25, 0.3) is 5.69 Å². The van der Waals surface area contributed by atoms with Gasteiger partial charge < -0.3 is 10.2 Å². The molecule has 0 atom stereocenters. The molecule has 1 aliphatic rings. The molecular formula is C25H23F3N4O3. The van der Waals surface area contributed by atoms with Crippen molar-refractivity contribution in [3.8, 4) is 5.69 Å². The van der Waals surface area contributed by atoms with Gasteiger partial charge in [0.1, 0.15) is 0 Å². The fourth-order valence-electron chi connectivity index (χ4n) is 4.03. The molecule has 0 saturated carbocycles. The maximum absolute atomic E-state index is 13.5. The molecule has 1 aromatic heterocycles. The highest BCUT2D eigenvalue weighted by Crippen LogP contribution is 2.33. The third-order valence-corrected chi connectivity index (χ3v) is 5.78. The van der Waals surface area contributed by atoms with E-state index in [1.165, 1.54) is 25.1 Å². The number of amides is 2. The van der Waals surface area contributed by atoms with Gasteiger partial charge in [0.25, 0.3) is 11.8 Å². The van der Waals surface area contributed by atoms with Crippen LogP contribution in [0, 0.1) is 6.92 Å². The van der Waals surface area contributed by atoms with Gasteiger partial charge in [-0.1, -0.05) is 24.3 Å². The van der Waals surface area contributed by atoms with Crippen LogP contribution in [0.5, 0.6) is 0 Å². The van der Waals surface area contributed by atoms with E-state index in [0.717, 1.165) is 29.7 Å². The van der Waals surface area contributed by atoms with Crippen LogP contribution in [-0.4, -0.2) is 39.6 Å². The second-order valence-corrected chi connectivity index (χ2v) is 8.31. The number of likely N-dealkylation sites (tertiary alicyclic amines) is 1. The van der Waals surface area contributed by atoms with Crippen molar-refractivity contribution < 1.29 is 22.8 Å². The number of halogens is 3. The van der Waals surface area contributed by atoms with Gasteiger partial charge >= 0.3 is 6.18 Å². The summed E-state index contributed by atoms with van der Waals surface area (Å²) >= 11 is 0. The number of rotatable bonds is 5. The second kappa shape index (κ2) is 9.73. The number of nitrogens with zero attached hydrogens (tertiary/aromatic N) is 3. The Kier molecular flexibility index (Phi) is 6.72. The number of hydrogen-bond acceptors (Lipinski definition) is 4. The van der Waals surface area contributed by atoms with Crippen molar-refractivity contribution in [2.45, 2.75) is 32.5 Å². The van der Waals surface area contributed by atoms with Crippen LogP contribution in [-0.2, 0) is 12.7 Å². The molecule has 2 amide bonds. The van der Waals surface area contributed by atoms with Gasteiger partial charge in [-0.2, -0.15) is 18.3 Å². The first-order valence-corrected chi connectivity index (χ1v) is 11.1. The number of aryl methyl sites for hydroxylation is 1. The van der Waals surface area contributed by atoms with Crippen molar-refractivity contribution in [3.05, 3.63) is 92.9 Å². The molecule has 10 heteroatoms. The van der Waals surface area contributed by atoms with Crippen molar-refractivity contribution in [1.82, 2.24) is 20.0 Å². The molecule has 0 unspecified atom stereocenters. The van der Waals surface area contributed by atoms with Crippen LogP contribution >= 0.6 is 0 Å². The molecule has 0 radical (unpaired) electrons. The summed E-state index contributed by atoms with van der Waals surface area (Å²) in [5.74, 6) is -0.911. The van der Waals surface area contributed by atoms with Crippen LogP contribution < -0.4 is 10.7 Å². The first-order valence-electron chi connectivity index (χ1n) is 11.1. The zero-order valence-corrected chi connectivity index (χ0v) is 18.9. The fourth-order valence-corrected chi connectivity index (χ4v) is 4.03. The molecule has 182 valence electrons. The quantitative estimate of drug-likeness (QED) is 0.598. The summed E-state index contributed by atoms with van der Waals surface area (Å²) in [6, 6.07) is 12.7. The zero-order chi connectivity index (χ0) is 25.2. The Bertz CT molecular complexity index is 1330. The molecule has 35 heavy (non-hydrogen) atoms. The van der Waals surface area contributed by atoms with Crippen LogP contribution in [0.4, 0.5) is 13.2 Å². The predicted molar refractivity (Wildman–Crippen MR) is 122 cm³/mol. The molecule has 1 N–H and O–H groups in total. The molecule has 1 fully saturated rings. The average Bonchev–Trinajstić information content (AvgIpc) is 3.37. The molecule has 0 bridgehead atoms. The van der Waals surface area contributed by atoms with Gasteiger partial charge in [0, 0.05) is 37.0 Å². The largest absolute Gasteiger partial charge is 0.418 e. The summed E-state index contributed by atoms with van der Waals surface area (Å²) in [5.41, 5.74) is -1.19. The summed E-state index contributed by atoms with van der Waals surface area (Å²) < 4.78 is 41.4. The van der Waals surface area contributed by atoms with Crippen molar-refractivity contribution in [2.75, 3.05) is 13.1 Å². The standard InChI is InChI=1S/C25H23F3N4O3/c1-16-13-21(33)22(30-32(16)20-10-3-2-9-19(20)25(26,27)28)23(34)29-15-17-7-6-8-18(14-17)24(35)31-11-4-5-12-31/h2-3,6-10,13-14H,4-5,11-12,15H2,1H3,(H,29,34). The van der Waals surface area contributed by atoms with Crippen molar-refractivity contribution in [2.24, 2.45) is 0 Å². The summed E-state index contributed by atoms with van der Waals surface area (Å²) in [7, 11) is 0. The number of carbonyl (C=O) groups is 2. The molecule has 3 aromatic rings. The zero-order valence-electron chi connectivity index (χ0n) is 18.9. The maximum Gasteiger partial charge on any atom is 0.418 e. The van der Waals surface area contributed by atoms with E-state index in [2.05, 4.69) is 10.4 Å². The van der Waals surface area contributed by atoms with E-state index >= 15 is 0 Å².